The maximum Gasteiger partial charge on any atom is 0.124 e. The van der Waals surface area contributed by atoms with E-state index in [0.717, 1.165) is 10.0 Å². The third-order valence-electron chi connectivity index (χ3n) is 0.880. The SMILES string of the molecule is Cc1nnc(CC([NH])=S)s1. The van der Waals surface area contributed by atoms with Crippen molar-refractivity contribution in [2.24, 2.45) is 0 Å². The van der Waals surface area contributed by atoms with Crippen LogP contribution in [0, 0.1) is 6.92 Å². The lowest BCUT2D eigenvalue weighted by Gasteiger charge is -1.85. The van der Waals surface area contributed by atoms with Crippen LogP contribution < -0.4 is 5.73 Å². The molecule has 0 bridgehead atoms. The predicted molar refractivity (Wildman–Crippen MR) is 44.0 cm³/mol. The minimum Gasteiger partial charge on any atom is -0.293 e. The fourth-order valence-electron chi connectivity index (χ4n) is 0.546. The highest BCUT2D eigenvalue weighted by atomic mass is 32.1. The van der Waals surface area contributed by atoms with E-state index in [9.17, 15) is 0 Å². The van der Waals surface area contributed by atoms with E-state index in [4.69, 9.17) is 5.73 Å². The van der Waals surface area contributed by atoms with Crippen LogP contribution in [0.25, 0.3) is 0 Å². The first-order valence-electron chi connectivity index (χ1n) is 2.72. The van der Waals surface area contributed by atoms with Gasteiger partial charge in [-0.2, -0.15) is 0 Å². The molecular formula is C5H6N3S2. The second-order valence-corrected chi connectivity index (χ2v) is 3.57. The van der Waals surface area contributed by atoms with Crippen molar-refractivity contribution in [2.75, 3.05) is 0 Å². The molecule has 3 nitrogen and oxygen atoms in total. The van der Waals surface area contributed by atoms with E-state index in [0.29, 0.717) is 6.42 Å². The van der Waals surface area contributed by atoms with Gasteiger partial charge in [0.1, 0.15) is 15.0 Å². The van der Waals surface area contributed by atoms with Crippen molar-refractivity contribution in [2.45, 2.75) is 13.3 Å². The number of aromatic nitrogens is 2. The van der Waals surface area contributed by atoms with Crippen LogP contribution in [0.4, 0.5) is 0 Å². The molecule has 1 N–H and O–H groups in total. The van der Waals surface area contributed by atoms with Crippen molar-refractivity contribution in [1.29, 1.82) is 0 Å². The number of aryl methyl sites for hydroxylation is 1. The van der Waals surface area contributed by atoms with E-state index >= 15 is 0 Å². The monoisotopic (exact) mass is 172 g/mol. The highest BCUT2D eigenvalue weighted by Gasteiger charge is 2.00. The van der Waals surface area contributed by atoms with Crippen molar-refractivity contribution >= 4 is 28.5 Å². The summed E-state index contributed by atoms with van der Waals surface area (Å²) < 4.78 is 0. The summed E-state index contributed by atoms with van der Waals surface area (Å²) in [4.78, 5) is 0.219. The Bertz CT molecular complexity index is 243. The van der Waals surface area contributed by atoms with E-state index in [1.165, 1.54) is 11.3 Å². The van der Waals surface area contributed by atoms with Crippen molar-refractivity contribution in [3.8, 4) is 0 Å². The molecule has 10 heavy (non-hydrogen) atoms. The maximum atomic E-state index is 6.99. The quantitative estimate of drug-likeness (QED) is 0.625. The Morgan fingerprint density at radius 2 is 2.40 bits per heavy atom. The molecule has 1 heterocycles. The summed E-state index contributed by atoms with van der Waals surface area (Å²) >= 11 is 6.08. The van der Waals surface area contributed by atoms with Gasteiger partial charge in [0.05, 0.1) is 6.42 Å². The number of rotatable bonds is 2. The van der Waals surface area contributed by atoms with Crippen molar-refractivity contribution in [3.05, 3.63) is 10.0 Å². The maximum absolute atomic E-state index is 6.99. The fourth-order valence-corrected chi connectivity index (χ4v) is 1.50. The number of thiocarbonyl (C=S) groups is 1. The summed E-state index contributed by atoms with van der Waals surface area (Å²) in [5, 5.41) is 9.37. The Morgan fingerprint density at radius 1 is 1.70 bits per heavy atom. The summed E-state index contributed by atoms with van der Waals surface area (Å²) in [5.74, 6) is 0. The fraction of sp³-hybridized carbons (Fsp3) is 0.400. The zero-order valence-corrected chi connectivity index (χ0v) is 7.05. The first-order valence-corrected chi connectivity index (χ1v) is 3.94. The number of hydrogen-bond donors (Lipinski definition) is 0. The number of nitrogens with one attached hydrogen (secondary N) is 1. The van der Waals surface area contributed by atoms with Crippen molar-refractivity contribution < 1.29 is 0 Å². The molecule has 5 heteroatoms. The molecule has 0 aliphatic rings. The molecule has 1 aromatic rings. The molecular weight excluding hydrogens is 166 g/mol. The molecule has 1 aromatic heterocycles. The predicted octanol–water partition coefficient (Wildman–Crippen LogP) is 0.999. The van der Waals surface area contributed by atoms with Crippen LogP contribution in [0.2, 0.25) is 0 Å². The molecule has 0 unspecified atom stereocenters. The molecule has 0 fully saturated rings. The molecule has 1 rings (SSSR count). The lowest BCUT2D eigenvalue weighted by Crippen LogP contribution is -1.98. The van der Waals surface area contributed by atoms with Crippen LogP contribution >= 0.6 is 23.6 Å². The third kappa shape index (κ3) is 2.00. The summed E-state index contributed by atoms with van der Waals surface area (Å²) in [6.45, 7) is 1.88. The van der Waals surface area contributed by atoms with E-state index in [2.05, 4.69) is 22.4 Å². The van der Waals surface area contributed by atoms with Gasteiger partial charge in [-0.3, -0.25) is 5.73 Å². The van der Waals surface area contributed by atoms with Crippen LogP contribution in [0.1, 0.15) is 10.0 Å². The zero-order chi connectivity index (χ0) is 7.56. The first kappa shape index (κ1) is 7.56. The van der Waals surface area contributed by atoms with Crippen LogP contribution in [-0.2, 0) is 6.42 Å². The normalized spacial score (nSPS) is 9.70. The summed E-state index contributed by atoms with van der Waals surface area (Å²) in [6.07, 6.45) is 0.459. The number of hydrogen-bond acceptors (Lipinski definition) is 4. The standard InChI is InChI=1S/C5H6N3S2/c1-3-7-8-5(10-3)2-4(6)9/h6H,2H2,1H3. The summed E-state index contributed by atoms with van der Waals surface area (Å²) in [6, 6.07) is 0. The van der Waals surface area contributed by atoms with Gasteiger partial charge in [-0.25, -0.2) is 0 Å². The van der Waals surface area contributed by atoms with Crippen molar-refractivity contribution in [1.82, 2.24) is 15.9 Å². The smallest absolute Gasteiger partial charge is 0.124 e. The second kappa shape index (κ2) is 3.03. The van der Waals surface area contributed by atoms with Gasteiger partial charge < -0.3 is 0 Å². The van der Waals surface area contributed by atoms with E-state index in [-0.39, 0.29) is 4.99 Å². The Balaban J connectivity index is 2.67. The topological polar surface area (TPSA) is 49.6 Å². The van der Waals surface area contributed by atoms with Crippen LogP contribution in [0.3, 0.4) is 0 Å². The summed E-state index contributed by atoms with van der Waals surface area (Å²) in [5.41, 5.74) is 6.99. The summed E-state index contributed by atoms with van der Waals surface area (Å²) in [7, 11) is 0. The van der Waals surface area contributed by atoms with Gasteiger partial charge in [0.2, 0.25) is 0 Å². The highest BCUT2D eigenvalue weighted by Crippen LogP contribution is 2.08. The molecule has 0 aromatic carbocycles. The Morgan fingerprint density at radius 3 is 2.80 bits per heavy atom. The Kier molecular flexibility index (Phi) is 2.29. The largest absolute Gasteiger partial charge is 0.293 e. The Labute approximate surface area is 68.3 Å². The molecule has 53 valence electrons. The van der Waals surface area contributed by atoms with E-state index in [1.54, 1.807) is 0 Å². The first-order chi connectivity index (χ1) is 4.68. The van der Waals surface area contributed by atoms with Gasteiger partial charge in [-0.1, -0.05) is 12.2 Å². The minimum atomic E-state index is 0.219. The molecule has 1 radical (unpaired) electrons. The highest BCUT2D eigenvalue weighted by molar-refractivity contribution is 7.80. The lowest BCUT2D eigenvalue weighted by atomic mass is 10.5. The number of nitrogens with zero attached hydrogens (tertiary/aromatic N) is 2. The van der Waals surface area contributed by atoms with Gasteiger partial charge in [-0.15, -0.1) is 21.5 Å². The van der Waals surface area contributed by atoms with E-state index in [1.807, 2.05) is 6.92 Å². The molecule has 0 saturated carbocycles. The Hall–Kier alpha value is -0.550. The third-order valence-corrected chi connectivity index (χ3v) is 1.86. The molecule has 0 aliphatic heterocycles. The van der Waals surface area contributed by atoms with Crippen LogP contribution in [0.15, 0.2) is 0 Å². The molecule has 0 spiro atoms. The average molecular weight is 172 g/mol. The van der Waals surface area contributed by atoms with Crippen molar-refractivity contribution in [3.63, 3.8) is 0 Å². The minimum absolute atomic E-state index is 0.219. The molecule has 0 amide bonds. The van der Waals surface area contributed by atoms with Crippen LogP contribution in [-0.4, -0.2) is 15.2 Å². The lowest BCUT2D eigenvalue weighted by molar-refractivity contribution is 1.00. The zero-order valence-electron chi connectivity index (χ0n) is 5.42. The van der Waals surface area contributed by atoms with Gasteiger partial charge in [0, 0.05) is 0 Å². The van der Waals surface area contributed by atoms with E-state index < -0.39 is 0 Å². The molecule has 0 aliphatic carbocycles. The average Bonchev–Trinajstić information content (AvgIpc) is 2.13. The van der Waals surface area contributed by atoms with Gasteiger partial charge in [-0.05, 0) is 6.92 Å². The molecule has 0 saturated heterocycles. The second-order valence-electron chi connectivity index (χ2n) is 1.81. The van der Waals surface area contributed by atoms with Gasteiger partial charge >= 0.3 is 0 Å². The van der Waals surface area contributed by atoms with Gasteiger partial charge in [0.15, 0.2) is 0 Å². The molecule has 0 atom stereocenters. The van der Waals surface area contributed by atoms with Gasteiger partial charge in [0.25, 0.3) is 0 Å². The van der Waals surface area contributed by atoms with Crippen LogP contribution in [0.5, 0.6) is 0 Å².